The molecule has 4 aromatic carbocycles. The van der Waals surface area contributed by atoms with Crippen LogP contribution in [0.25, 0.3) is 32.7 Å². The molecule has 0 aliphatic carbocycles. The van der Waals surface area contributed by atoms with Gasteiger partial charge in [0, 0.05) is 16.5 Å². The van der Waals surface area contributed by atoms with E-state index in [1.165, 1.54) is 5.39 Å². The summed E-state index contributed by atoms with van der Waals surface area (Å²) in [5.41, 5.74) is 2.06. The van der Waals surface area contributed by atoms with Crippen molar-refractivity contribution < 1.29 is 14.2 Å². The molecule has 0 bridgehead atoms. The van der Waals surface area contributed by atoms with Crippen LogP contribution < -0.4 is 14.2 Å². The predicted octanol–water partition coefficient (Wildman–Crippen LogP) is 6.90. The molecule has 28 heavy (non-hydrogen) atoms. The summed E-state index contributed by atoms with van der Waals surface area (Å²) in [5, 5.41) is 4.42. The van der Waals surface area contributed by atoms with Crippen LogP contribution in [0.4, 0.5) is 0 Å². The first-order chi connectivity index (χ1) is 13.6. The second-order valence-corrected chi connectivity index (χ2v) is 8.53. The van der Waals surface area contributed by atoms with Crippen LogP contribution in [-0.2, 0) is 0 Å². The fraction of sp³-hybridized carbons (Fsp3) is 0.130. The van der Waals surface area contributed by atoms with E-state index in [2.05, 4.69) is 87.6 Å². The Bertz CT molecular complexity index is 1200. The van der Waals surface area contributed by atoms with Crippen LogP contribution in [0.15, 0.2) is 54.6 Å². The summed E-state index contributed by atoms with van der Waals surface area (Å²) in [4.78, 5) is 0. The van der Waals surface area contributed by atoms with Gasteiger partial charge in [-0.3, -0.25) is 0 Å². The van der Waals surface area contributed by atoms with Crippen LogP contribution in [0, 0.1) is 7.14 Å². The molecule has 3 nitrogen and oxygen atoms in total. The molecule has 0 N–H and O–H groups in total. The van der Waals surface area contributed by atoms with Crippen molar-refractivity contribution in [2.45, 2.75) is 0 Å². The number of fused-ring (bicyclic) bond motifs is 2. The SMILES string of the molecule is COc1c(I)cc2ccccc2c1-c1c(OC)c(I)c(OC)c2ccccc12. The highest BCUT2D eigenvalue weighted by atomic mass is 127. The maximum atomic E-state index is 5.92. The lowest BCUT2D eigenvalue weighted by molar-refractivity contribution is 0.392. The standard InChI is InChI=1S/C23H18I2O3/c1-26-21-16-11-7-6-10-15(16)19(23(28-3)20(21)25)18-14-9-5-4-8-13(14)12-17(24)22(18)27-2/h4-12H,1-3H3. The Balaban J connectivity index is 2.29. The average molecular weight is 596 g/mol. The van der Waals surface area contributed by atoms with E-state index in [4.69, 9.17) is 14.2 Å². The van der Waals surface area contributed by atoms with Gasteiger partial charge in [0.1, 0.15) is 17.2 Å². The number of benzene rings is 4. The van der Waals surface area contributed by atoms with Gasteiger partial charge < -0.3 is 14.2 Å². The van der Waals surface area contributed by atoms with E-state index < -0.39 is 0 Å². The molecule has 0 unspecified atom stereocenters. The normalized spacial score (nSPS) is 11.0. The Labute approximate surface area is 191 Å². The van der Waals surface area contributed by atoms with E-state index in [-0.39, 0.29) is 0 Å². The van der Waals surface area contributed by atoms with Gasteiger partial charge in [0.25, 0.3) is 0 Å². The van der Waals surface area contributed by atoms with Crippen LogP contribution in [0.2, 0.25) is 0 Å². The molecule has 0 saturated carbocycles. The van der Waals surface area contributed by atoms with Gasteiger partial charge in [-0.2, -0.15) is 0 Å². The molecule has 0 radical (unpaired) electrons. The van der Waals surface area contributed by atoms with Crippen LogP contribution >= 0.6 is 45.2 Å². The Morgan fingerprint density at radius 2 is 1.14 bits per heavy atom. The second kappa shape index (κ2) is 7.94. The zero-order chi connectivity index (χ0) is 19.8. The molecular weight excluding hydrogens is 578 g/mol. The third-order valence-corrected chi connectivity index (χ3v) is 6.67. The Kier molecular flexibility index (Phi) is 5.55. The first-order valence-electron chi connectivity index (χ1n) is 8.70. The van der Waals surface area contributed by atoms with Crippen molar-refractivity contribution in [3.63, 3.8) is 0 Å². The van der Waals surface area contributed by atoms with E-state index >= 15 is 0 Å². The topological polar surface area (TPSA) is 27.7 Å². The molecule has 0 heterocycles. The fourth-order valence-corrected chi connectivity index (χ4v) is 5.56. The van der Waals surface area contributed by atoms with Crippen LogP contribution in [0.3, 0.4) is 0 Å². The largest absolute Gasteiger partial charge is 0.495 e. The first-order valence-corrected chi connectivity index (χ1v) is 10.9. The summed E-state index contributed by atoms with van der Waals surface area (Å²) in [6, 6.07) is 18.8. The molecule has 4 aromatic rings. The van der Waals surface area contributed by atoms with Crippen molar-refractivity contribution in [1.82, 2.24) is 0 Å². The molecule has 0 atom stereocenters. The molecule has 0 amide bonds. The Morgan fingerprint density at radius 1 is 0.607 bits per heavy atom. The molecule has 0 aliphatic heterocycles. The van der Waals surface area contributed by atoms with E-state index in [9.17, 15) is 0 Å². The van der Waals surface area contributed by atoms with Crippen LogP contribution in [0.5, 0.6) is 17.2 Å². The van der Waals surface area contributed by atoms with E-state index in [1.807, 2.05) is 12.1 Å². The van der Waals surface area contributed by atoms with E-state index in [1.54, 1.807) is 21.3 Å². The highest BCUT2D eigenvalue weighted by Crippen LogP contribution is 2.51. The lowest BCUT2D eigenvalue weighted by Crippen LogP contribution is -2.00. The lowest BCUT2D eigenvalue weighted by atomic mass is 9.92. The maximum absolute atomic E-state index is 5.92. The number of hydrogen-bond donors (Lipinski definition) is 0. The molecule has 142 valence electrons. The van der Waals surface area contributed by atoms with Crippen LogP contribution in [0.1, 0.15) is 0 Å². The summed E-state index contributed by atoms with van der Waals surface area (Å²) >= 11 is 4.64. The van der Waals surface area contributed by atoms with Crippen molar-refractivity contribution in [3.8, 4) is 28.4 Å². The zero-order valence-electron chi connectivity index (χ0n) is 15.7. The molecule has 0 fully saturated rings. The number of methoxy groups -OCH3 is 3. The summed E-state index contributed by atoms with van der Waals surface area (Å²) in [7, 11) is 5.13. The Hall–Kier alpha value is -1.74. The fourth-order valence-electron chi connectivity index (χ4n) is 3.73. The van der Waals surface area contributed by atoms with Gasteiger partial charge in [-0.15, -0.1) is 0 Å². The lowest BCUT2D eigenvalue weighted by Gasteiger charge is -2.21. The van der Waals surface area contributed by atoms with Crippen molar-refractivity contribution >= 4 is 66.7 Å². The van der Waals surface area contributed by atoms with E-state index in [0.29, 0.717) is 0 Å². The quantitative estimate of drug-likeness (QED) is 0.240. The number of ether oxygens (including phenoxy) is 3. The van der Waals surface area contributed by atoms with Gasteiger partial charge >= 0.3 is 0 Å². The van der Waals surface area contributed by atoms with Gasteiger partial charge in [-0.1, -0.05) is 48.5 Å². The van der Waals surface area contributed by atoms with Crippen molar-refractivity contribution in [2.24, 2.45) is 0 Å². The number of halogens is 2. The second-order valence-electron chi connectivity index (χ2n) is 6.29. The van der Waals surface area contributed by atoms with Gasteiger partial charge in [-0.25, -0.2) is 0 Å². The van der Waals surface area contributed by atoms with E-state index in [0.717, 1.165) is 51.7 Å². The van der Waals surface area contributed by atoms with Gasteiger partial charge in [-0.05, 0) is 67.4 Å². The molecule has 0 saturated heterocycles. The monoisotopic (exact) mass is 596 g/mol. The summed E-state index contributed by atoms with van der Waals surface area (Å²) in [6.45, 7) is 0. The minimum absolute atomic E-state index is 0.793. The van der Waals surface area contributed by atoms with Crippen LogP contribution in [-0.4, -0.2) is 21.3 Å². The first kappa shape index (κ1) is 19.6. The van der Waals surface area contributed by atoms with Crippen molar-refractivity contribution in [2.75, 3.05) is 21.3 Å². The average Bonchev–Trinajstić information content (AvgIpc) is 2.72. The van der Waals surface area contributed by atoms with Crippen molar-refractivity contribution in [3.05, 3.63) is 61.7 Å². The van der Waals surface area contributed by atoms with Gasteiger partial charge in [0.2, 0.25) is 0 Å². The Morgan fingerprint density at radius 3 is 1.79 bits per heavy atom. The minimum atomic E-state index is 0.793. The summed E-state index contributed by atoms with van der Waals surface area (Å²) in [5.74, 6) is 2.47. The molecule has 5 heteroatoms. The number of rotatable bonds is 4. The van der Waals surface area contributed by atoms with Gasteiger partial charge in [0.05, 0.1) is 28.5 Å². The third kappa shape index (κ3) is 2.99. The highest BCUT2D eigenvalue weighted by Gasteiger charge is 2.25. The molecule has 0 aromatic heterocycles. The van der Waals surface area contributed by atoms with Gasteiger partial charge in [0.15, 0.2) is 0 Å². The molecule has 4 rings (SSSR count). The summed E-state index contributed by atoms with van der Waals surface area (Å²) < 4.78 is 19.6. The third-order valence-electron chi connectivity index (χ3n) is 4.89. The maximum Gasteiger partial charge on any atom is 0.144 e. The smallest absolute Gasteiger partial charge is 0.144 e. The highest BCUT2D eigenvalue weighted by molar-refractivity contribution is 14.1. The minimum Gasteiger partial charge on any atom is -0.495 e. The molecular formula is C23H18I2O3. The predicted molar refractivity (Wildman–Crippen MR) is 132 cm³/mol. The van der Waals surface area contributed by atoms with Crippen molar-refractivity contribution in [1.29, 1.82) is 0 Å². The number of hydrogen-bond acceptors (Lipinski definition) is 3. The zero-order valence-corrected chi connectivity index (χ0v) is 20.0. The summed E-state index contributed by atoms with van der Waals surface area (Å²) in [6.07, 6.45) is 0. The molecule has 0 spiro atoms. The molecule has 0 aliphatic rings.